The third-order valence-corrected chi connectivity index (χ3v) is 1.67. The standard InChI is InChI=1S/C8H7FN2O/c1-12-8-4-6-2-3-10-11(6)5-7(8)9/h2-5H,1H3. The van der Waals surface area contributed by atoms with Crippen LogP contribution >= 0.6 is 0 Å². The number of hydrogen-bond acceptors (Lipinski definition) is 2. The van der Waals surface area contributed by atoms with E-state index < -0.39 is 5.82 Å². The largest absolute Gasteiger partial charge is 0.494 e. The Morgan fingerprint density at radius 3 is 3.17 bits per heavy atom. The van der Waals surface area contributed by atoms with E-state index in [1.807, 2.05) is 0 Å². The molecule has 0 bridgehead atoms. The number of fused-ring (bicyclic) bond motifs is 1. The molecule has 62 valence electrons. The Bertz CT molecular complexity index is 410. The van der Waals surface area contributed by atoms with Crippen LogP contribution in [0.5, 0.6) is 5.75 Å². The number of hydrogen-bond donors (Lipinski definition) is 0. The molecule has 0 radical (unpaired) electrons. The third-order valence-electron chi connectivity index (χ3n) is 1.67. The molecule has 3 nitrogen and oxygen atoms in total. The van der Waals surface area contributed by atoms with Gasteiger partial charge in [-0.3, -0.25) is 0 Å². The summed E-state index contributed by atoms with van der Waals surface area (Å²) in [4.78, 5) is 0. The van der Waals surface area contributed by atoms with Crippen molar-refractivity contribution in [1.29, 1.82) is 0 Å². The van der Waals surface area contributed by atoms with Crippen molar-refractivity contribution in [2.24, 2.45) is 0 Å². The van der Waals surface area contributed by atoms with Gasteiger partial charge in [0.25, 0.3) is 0 Å². The highest BCUT2D eigenvalue weighted by molar-refractivity contribution is 5.50. The van der Waals surface area contributed by atoms with E-state index in [4.69, 9.17) is 4.74 Å². The summed E-state index contributed by atoms with van der Waals surface area (Å²) in [7, 11) is 1.44. The maximum atomic E-state index is 13.0. The lowest BCUT2D eigenvalue weighted by atomic mass is 10.4. The van der Waals surface area contributed by atoms with Gasteiger partial charge in [-0.1, -0.05) is 0 Å². The first kappa shape index (κ1) is 7.09. The molecule has 0 amide bonds. The molecule has 2 aromatic rings. The van der Waals surface area contributed by atoms with Crippen molar-refractivity contribution in [2.45, 2.75) is 0 Å². The summed E-state index contributed by atoms with van der Waals surface area (Å²) in [6.45, 7) is 0. The monoisotopic (exact) mass is 166 g/mol. The molecule has 4 heteroatoms. The van der Waals surface area contributed by atoms with Gasteiger partial charge in [0, 0.05) is 12.3 Å². The highest BCUT2D eigenvalue weighted by Crippen LogP contribution is 2.18. The Balaban J connectivity index is 2.73. The SMILES string of the molecule is COc1cc2ccnn2cc1F. The third kappa shape index (κ3) is 0.922. The Hall–Kier alpha value is -1.58. The topological polar surface area (TPSA) is 26.5 Å². The van der Waals surface area contributed by atoms with Gasteiger partial charge in [0.2, 0.25) is 0 Å². The van der Waals surface area contributed by atoms with Crippen LogP contribution in [-0.2, 0) is 0 Å². The molecular weight excluding hydrogens is 159 g/mol. The number of rotatable bonds is 1. The van der Waals surface area contributed by atoms with Crippen molar-refractivity contribution in [3.8, 4) is 5.75 Å². The Morgan fingerprint density at radius 1 is 1.58 bits per heavy atom. The lowest BCUT2D eigenvalue weighted by molar-refractivity contribution is 0.385. The van der Waals surface area contributed by atoms with Gasteiger partial charge in [-0.25, -0.2) is 8.91 Å². The summed E-state index contributed by atoms with van der Waals surface area (Å²) in [5, 5.41) is 3.88. The van der Waals surface area contributed by atoms with Crippen LogP contribution in [0.1, 0.15) is 0 Å². The van der Waals surface area contributed by atoms with Gasteiger partial charge in [-0.05, 0) is 6.07 Å². The molecule has 0 N–H and O–H groups in total. The van der Waals surface area contributed by atoms with E-state index in [2.05, 4.69) is 5.10 Å². The predicted molar refractivity (Wildman–Crippen MR) is 41.7 cm³/mol. The lowest BCUT2D eigenvalue weighted by Crippen LogP contribution is -1.93. The minimum Gasteiger partial charge on any atom is -0.494 e. The van der Waals surface area contributed by atoms with Crippen LogP contribution in [-0.4, -0.2) is 16.7 Å². The summed E-state index contributed by atoms with van der Waals surface area (Å²) in [6.07, 6.45) is 2.89. The zero-order valence-electron chi connectivity index (χ0n) is 6.49. The highest BCUT2D eigenvalue weighted by atomic mass is 19.1. The molecular formula is C8H7FN2O. The number of halogens is 1. The fourth-order valence-corrected chi connectivity index (χ4v) is 1.08. The molecule has 2 aromatic heterocycles. The summed E-state index contributed by atoms with van der Waals surface area (Å²) < 4.78 is 19.3. The van der Waals surface area contributed by atoms with Gasteiger partial charge in [0.15, 0.2) is 11.6 Å². The van der Waals surface area contributed by atoms with E-state index in [0.29, 0.717) is 0 Å². The van der Waals surface area contributed by atoms with E-state index in [9.17, 15) is 4.39 Å². The second kappa shape index (κ2) is 2.48. The van der Waals surface area contributed by atoms with Crippen molar-refractivity contribution in [1.82, 2.24) is 9.61 Å². The van der Waals surface area contributed by atoms with Gasteiger partial charge < -0.3 is 4.74 Å². The number of aromatic nitrogens is 2. The first-order valence-electron chi connectivity index (χ1n) is 3.48. The van der Waals surface area contributed by atoms with Gasteiger partial charge in [0.05, 0.1) is 18.8 Å². The summed E-state index contributed by atoms with van der Waals surface area (Å²) >= 11 is 0. The first-order chi connectivity index (χ1) is 5.81. The van der Waals surface area contributed by atoms with E-state index in [1.54, 1.807) is 18.3 Å². The molecule has 0 aliphatic carbocycles. The average Bonchev–Trinajstić information content (AvgIpc) is 2.49. The quantitative estimate of drug-likeness (QED) is 0.641. The van der Waals surface area contributed by atoms with E-state index in [-0.39, 0.29) is 5.75 Å². The van der Waals surface area contributed by atoms with Gasteiger partial charge in [-0.2, -0.15) is 5.10 Å². The molecule has 0 saturated carbocycles. The van der Waals surface area contributed by atoms with Crippen LogP contribution < -0.4 is 4.74 Å². The van der Waals surface area contributed by atoms with Gasteiger partial charge in [-0.15, -0.1) is 0 Å². The van der Waals surface area contributed by atoms with Crippen LogP contribution in [0.15, 0.2) is 24.5 Å². The van der Waals surface area contributed by atoms with Gasteiger partial charge in [0.1, 0.15) is 0 Å². The predicted octanol–water partition coefficient (Wildman–Crippen LogP) is 1.48. The summed E-state index contributed by atoms with van der Waals surface area (Å²) in [5.41, 5.74) is 0.813. The van der Waals surface area contributed by atoms with Crippen molar-refractivity contribution < 1.29 is 9.13 Å². The molecule has 0 unspecified atom stereocenters. The van der Waals surface area contributed by atoms with Crippen LogP contribution in [0.3, 0.4) is 0 Å². The van der Waals surface area contributed by atoms with Crippen molar-refractivity contribution in [3.63, 3.8) is 0 Å². The fourth-order valence-electron chi connectivity index (χ4n) is 1.08. The lowest BCUT2D eigenvalue weighted by Gasteiger charge is -2.01. The number of ether oxygens (including phenoxy) is 1. The van der Waals surface area contributed by atoms with E-state index in [1.165, 1.54) is 17.8 Å². The minimum absolute atomic E-state index is 0.239. The summed E-state index contributed by atoms with van der Waals surface area (Å²) in [5.74, 6) is -0.170. The zero-order valence-corrected chi connectivity index (χ0v) is 6.49. The highest BCUT2D eigenvalue weighted by Gasteiger charge is 2.03. The number of pyridine rings is 1. The van der Waals surface area contributed by atoms with E-state index in [0.717, 1.165) is 5.52 Å². The molecule has 0 atom stereocenters. The minimum atomic E-state index is -0.409. The van der Waals surface area contributed by atoms with Crippen molar-refractivity contribution in [2.75, 3.05) is 7.11 Å². The molecule has 0 aromatic carbocycles. The van der Waals surface area contributed by atoms with Crippen LogP contribution in [0.25, 0.3) is 5.52 Å². The normalized spacial score (nSPS) is 10.5. The molecule has 0 aliphatic rings. The Labute approximate surface area is 68.4 Å². The van der Waals surface area contributed by atoms with Crippen molar-refractivity contribution in [3.05, 3.63) is 30.3 Å². The smallest absolute Gasteiger partial charge is 0.183 e. The maximum absolute atomic E-state index is 13.0. The molecule has 0 aliphatic heterocycles. The van der Waals surface area contributed by atoms with Gasteiger partial charge >= 0.3 is 0 Å². The summed E-state index contributed by atoms with van der Waals surface area (Å²) in [6, 6.07) is 3.38. The number of nitrogens with zero attached hydrogens (tertiary/aromatic N) is 2. The maximum Gasteiger partial charge on any atom is 0.183 e. The number of methoxy groups -OCH3 is 1. The fraction of sp³-hybridized carbons (Fsp3) is 0.125. The molecule has 12 heavy (non-hydrogen) atoms. The molecule has 0 spiro atoms. The molecule has 0 saturated heterocycles. The van der Waals surface area contributed by atoms with E-state index >= 15 is 0 Å². The Kier molecular flexibility index (Phi) is 1.46. The van der Waals surface area contributed by atoms with Crippen LogP contribution in [0.4, 0.5) is 4.39 Å². The van der Waals surface area contributed by atoms with Crippen molar-refractivity contribution >= 4 is 5.52 Å². The van der Waals surface area contributed by atoms with Crippen LogP contribution in [0, 0.1) is 5.82 Å². The average molecular weight is 166 g/mol. The second-order valence-electron chi connectivity index (χ2n) is 2.39. The molecule has 2 heterocycles. The molecule has 2 rings (SSSR count). The zero-order chi connectivity index (χ0) is 8.55. The second-order valence-corrected chi connectivity index (χ2v) is 2.39. The van der Waals surface area contributed by atoms with Crippen LogP contribution in [0.2, 0.25) is 0 Å². The first-order valence-corrected chi connectivity index (χ1v) is 3.48. The Morgan fingerprint density at radius 2 is 2.42 bits per heavy atom. The molecule has 0 fully saturated rings.